The van der Waals surface area contributed by atoms with Crippen molar-refractivity contribution in [1.82, 2.24) is 4.57 Å². The molecule has 2 aromatic rings. The first kappa shape index (κ1) is 12.4. The maximum atomic E-state index is 11.0. The Labute approximate surface area is 104 Å². The maximum Gasteiger partial charge on any atom is 0.325 e. The second-order valence-corrected chi connectivity index (χ2v) is 4.60. The molecule has 1 aromatic carbocycles. The minimum Gasteiger partial charge on any atom is -0.508 e. The van der Waals surface area contributed by atoms with Gasteiger partial charge in [-0.25, -0.2) is 0 Å². The lowest BCUT2D eigenvalue weighted by molar-refractivity contribution is -0.138. The average Bonchev–Trinajstić information content (AvgIpc) is 2.66. The number of rotatable bonds is 3. The Hall–Kier alpha value is -2.01. The minimum atomic E-state index is -1.09. The molecule has 0 spiro atoms. The molecule has 96 valence electrons. The number of phenols is 1. The molecule has 0 saturated heterocycles. The quantitative estimate of drug-likeness (QED) is 0.775. The highest BCUT2D eigenvalue weighted by Gasteiger charge is 2.21. The molecule has 5 nitrogen and oxygen atoms in total. The van der Waals surface area contributed by atoms with E-state index in [1.807, 2.05) is 18.4 Å². The van der Waals surface area contributed by atoms with E-state index in [0.29, 0.717) is 10.9 Å². The number of hydrogen-bond acceptors (Lipinski definition) is 3. The van der Waals surface area contributed by atoms with E-state index in [9.17, 15) is 9.90 Å². The normalized spacial score (nSPS) is 13.1. The molecule has 4 N–H and O–H groups in total. The lowest BCUT2D eigenvalue weighted by atomic mass is 10.1. The van der Waals surface area contributed by atoms with Gasteiger partial charge in [0.1, 0.15) is 11.8 Å². The van der Waals surface area contributed by atoms with Crippen molar-refractivity contribution >= 4 is 16.9 Å². The molecule has 0 aliphatic rings. The Morgan fingerprint density at radius 3 is 2.61 bits per heavy atom. The van der Waals surface area contributed by atoms with Crippen LogP contribution in [0.1, 0.15) is 31.5 Å². The molecule has 1 heterocycles. The number of fused-ring (bicyclic) bond motifs is 1. The number of aromatic hydroxyl groups is 1. The molecule has 0 aliphatic heterocycles. The van der Waals surface area contributed by atoms with Crippen LogP contribution in [0.25, 0.3) is 10.9 Å². The second-order valence-electron chi connectivity index (χ2n) is 4.60. The Kier molecular flexibility index (Phi) is 3.00. The van der Waals surface area contributed by atoms with Crippen LogP contribution in [0.5, 0.6) is 5.75 Å². The number of hydrogen-bond donors (Lipinski definition) is 3. The summed E-state index contributed by atoms with van der Waals surface area (Å²) in [4.78, 5) is 11.0. The summed E-state index contributed by atoms with van der Waals surface area (Å²) in [5.41, 5.74) is 7.06. The first-order chi connectivity index (χ1) is 8.41. The molecular weight excluding hydrogens is 232 g/mol. The van der Waals surface area contributed by atoms with E-state index in [1.165, 1.54) is 0 Å². The molecule has 2 rings (SSSR count). The van der Waals surface area contributed by atoms with Crippen molar-refractivity contribution in [2.45, 2.75) is 25.9 Å². The Morgan fingerprint density at radius 2 is 2.06 bits per heavy atom. The van der Waals surface area contributed by atoms with Gasteiger partial charge in [0.2, 0.25) is 0 Å². The SMILES string of the molecule is CC(C)n1cc(C(N)C(=O)O)c2cc(O)ccc21. The first-order valence-corrected chi connectivity index (χ1v) is 5.73. The predicted molar refractivity (Wildman–Crippen MR) is 68.6 cm³/mol. The van der Waals surface area contributed by atoms with Gasteiger partial charge < -0.3 is 20.5 Å². The van der Waals surface area contributed by atoms with Crippen LogP contribution in [0, 0.1) is 0 Å². The van der Waals surface area contributed by atoms with Crippen LogP contribution < -0.4 is 5.73 Å². The van der Waals surface area contributed by atoms with Gasteiger partial charge in [-0.15, -0.1) is 0 Å². The van der Waals surface area contributed by atoms with E-state index in [0.717, 1.165) is 5.52 Å². The number of carboxylic acid groups (broad SMARTS) is 1. The number of carbonyl (C=O) groups is 1. The smallest absolute Gasteiger partial charge is 0.325 e. The standard InChI is InChI=1S/C13H16N2O3/c1-7(2)15-6-10(12(14)13(17)18)9-5-8(16)3-4-11(9)15/h3-7,12,16H,14H2,1-2H3,(H,17,18). The van der Waals surface area contributed by atoms with Gasteiger partial charge in [0, 0.05) is 28.7 Å². The van der Waals surface area contributed by atoms with Gasteiger partial charge in [0.25, 0.3) is 0 Å². The number of phenolic OH excluding ortho intramolecular Hbond substituents is 1. The zero-order valence-electron chi connectivity index (χ0n) is 10.3. The highest BCUT2D eigenvalue weighted by Crippen LogP contribution is 2.30. The van der Waals surface area contributed by atoms with Gasteiger partial charge >= 0.3 is 5.97 Å². The Balaban J connectivity index is 2.73. The number of aromatic nitrogens is 1. The Bertz CT molecular complexity index is 602. The average molecular weight is 248 g/mol. The van der Waals surface area contributed by atoms with Gasteiger partial charge in [-0.05, 0) is 32.0 Å². The van der Waals surface area contributed by atoms with Crippen LogP contribution in [0.2, 0.25) is 0 Å². The molecular formula is C13H16N2O3. The minimum absolute atomic E-state index is 0.0999. The molecule has 1 atom stereocenters. The number of nitrogens with two attached hydrogens (primary N) is 1. The summed E-state index contributed by atoms with van der Waals surface area (Å²) in [5, 5.41) is 19.2. The van der Waals surface area contributed by atoms with Crippen LogP contribution in [0.4, 0.5) is 0 Å². The van der Waals surface area contributed by atoms with Gasteiger partial charge in [-0.1, -0.05) is 0 Å². The molecule has 0 radical (unpaired) electrons. The summed E-state index contributed by atoms with van der Waals surface area (Å²) < 4.78 is 1.95. The van der Waals surface area contributed by atoms with Gasteiger partial charge in [0.15, 0.2) is 0 Å². The van der Waals surface area contributed by atoms with Crippen molar-refractivity contribution in [2.24, 2.45) is 5.73 Å². The van der Waals surface area contributed by atoms with E-state index in [2.05, 4.69) is 0 Å². The lowest BCUT2D eigenvalue weighted by Gasteiger charge is -2.08. The second kappa shape index (κ2) is 4.34. The van der Waals surface area contributed by atoms with Crippen LogP contribution in [-0.4, -0.2) is 20.7 Å². The van der Waals surface area contributed by atoms with Crippen molar-refractivity contribution in [1.29, 1.82) is 0 Å². The largest absolute Gasteiger partial charge is 0.508 e. The summed E-state index contributed by atoms with van der Waals surface area (Å²) in [6.07, 6.45) is 1.74. The predicted octanol–water partition coefficient (Wildman–Crippen LogP) is 2.01. The van der Waals surface area contributed by atoms with Crippen molar-refractivity contribution in [3.05, 3.63) is 30.0 Å². The molecule has 1 aromatic heterocycles. The van der Waals surface area contributed by atoms with Crippen LogP contribution in [-0.2, 0) is 4.79 Å². The monoisotopic (exact) mass is 248 g/mol. The molecule has 0 fully saturated rings. The van der Waals surface area contributed by atoms with E-state index in [-0.39, 0.29) is 11.8 Å². The first-order valence-electron chi connectivity index (χ1n) is 5.73. The zero-order chi connectivity index (χ0) is 13.4. The van der Waals surface area contributed by atoms with Crippen molar-refractivity contribution in [3.8, 4) is 5.75 Å². The molecule has 5 heteroatoms. The van der Waals surface area contributed by atoms with E-state index in [4.69, 9.17) is 10.8 Å². The van der Waals surface area contributed by atoms with E-state index < -0.39 is 12.0 Å². The topological polar surface area (TPSA) is 88.5 Å². The van der Waals surface area contributed by atoms with Gasteiger partial charge in [-0.2, -0.15) is 0 Å². The lowest BCUT2D eigenvalue weighted by Crippen LogP contribution is -2.20. The summed E-state index contributed by atoms with van der Waals surface area (Å²) in [6, 6.07) is 3.99. The van der Waals surface area contributed by atoms with Crippen LogP contribution in [0.15, 0.2) is 24.4 Å². The fourth-order valence-corrected chi connectivity index (χ4v) is 2.08. The van der Waals surface area contributed by atoms with Crippen molar-refractivity contribution in [2.75, 3.05) is 0 Å². The Morgan fingerprint density at radius 1 is 1.39 bits per heavy atom. The fourth-order valence-electron chi connectivity index (χ4n) is 2.08. The van der Waals surface area contributed by atoms with E-state index in [1.54, 1.807) is 24.4 Å². The number of aliphatic carboxylic acids is 1. The highest BCUT2D eigenvalue weighted by molar-refractivity contribution is 5.90. The zero-order valence-corrected chi connectivity index (χ0v) is 10.3. The number of benzene rings is 1. The molecule has 0 aliphatic carbocycles. The van der Waals surface area contributed by atoms with Crippen LogP contribution >= 0.6 is 0 Å². The summed E-state index contributed by atoms with van der Waals surface area (Å²) >= 11 is 0. The highest BCUT2D eigenvalue weighted by atomic mass is 16.4. The van der Waals surface area contributed by atoms with Crippen molar-refractivity contribution < 1.29 is 15.0 Å². The molecule has 18 heavy (non-hydrogen) atoms. The van der Waals surface area contributed by atoms with Crippen molar-refractivity contribution in [3.63, 3.8) is 0 Å². The number of nitrogens with zero attached hydrogens (tertiary/aromatic N) is 1. The third-order valence-electron chi connectivity index (χ3n) is 3.00. The third-order valence-corrected chi connectivity index (χ3v) is 3.00. The molecule has 0 saturated carbocycles. The molecule has 0 bridgehead atoms. The summed E-state index contributed by atoms with van der Waals surface area (Å²) in [7, 11) is 0. The maximum absolute atomic E-state index is 11.0. The summed E-state index contributed by atoms with van der Waals surface area (Å²) in [6.45, 7) is 4.00. The molecule has 0 amide bonds. The van der Waals surface area contributed by atoms with Gasteiger partial charge in [0.05, 0.1) is 0 Å². The summed E-state index contributed by atoms with van der Waals surface area (Å²) in [5.74, 6) is -0.982. The number of carboxylic acids is 1. The fraction of sp³-hybridized carbons (Fsp3) is 0.308. The van der Waals surface area contributed by atoms with Gasteiger partial charge in [-0.3, -0.25) is 4.79 Å². The van der Waals surface area contributed by atoms with E-state index >= 15 is 0 Å². The third kappa shape index (κ3) is 1.93. The molecule has 1 unspecified atom stereocenters. The van der Waals surface area contributed by atoms with Crippen LogP contribution in [0.3, 0.4) is 0 Å².